The number of aromatic nitrogens is 4. The molecule has 3 rings (SSSR count). The van der Waals surface area contributed by atoms with Crippen molar-refractivity contribution >= 4 is 17.0 Å². The van der Waals surface area contributed by atoms with Crippen molar-refractivity contribution in [3.8, 4) is 0 Å². The van der Waals surface area contributed by atoms with Crippen LogP contribution < -0.4 is 4.90 Å². The molecular formula is C17H18F3N5. The van der Waals surface area contributed by atoms with Gasteiger partial charge in [0.1, 0.15) is 0 Å². The van der Waals surface area contributed by atoms with Gasteiger partial charge in [0, 0.05) is 14.1 Å². The second kappa shape index (κ2) is 6.02. The Hall–Kier alpha value is -2.64. The van der Waals surface area contributed by atoms with E-state index in [0.717, 1.165) is 16.7 Å². The average Bonchev–Trinajstić information content (AvgIpc) is 2.91. The highest BCUT2D eigenvalue weighted by atomic mass is 19.4. The molecule has 25 heavy (non-hydrogen) atoms. The monoisotopic (exact) mass is 349 g/mol. The van der Waals surface area contributed by atoms with Crippen LogP contribution >= 0.6 is 0 Å². The average molecular weight is 349 g/mol. The maximum Gasteiger partial charge on any atom is 0.451 e. The minimum Gasteiger partial charge on any atom is -0.361 e. The van der Waals surface area contributed by atoms with Gasteiger partial charge in [-0.1, -0.05) is 23.8 Å². The van der Waals surface area contributed by atoms with Crippen molar-refractivity contribution in [2.75, 3.05) is 19.0 Å². The summed E-state index contributed by atoms with van der Waals surface area (Å²) in [6.07, 6.45) is -3.11. The molecule has 0 saturated carbocycles. The van der Waals surface area contributed by atoms with Gasteiger partial charge in [0.2, 0.25) is 5.82 Å². The number of anilines is 1. The fourth-order valence-corrected chi connectivity index (χ4v) is 2.69. The molecule has 132 valence electrons. The Morgan fingerprint density at radius 2 is 1.84 bits per heavy atom. The van der Waals surface area contributed by atoms with Crippen LogP contribution in [0.25, 0.3) is 11.2 Å². The van der Waals surface area contributed by atoms with Crippen molar-refractivity contribution < 1.29 is 13.2 Å². The van der Waals surface area contributed by atoms with E-state index in [-0.39, 0.29) is 11.5 Å². The van der Waals surface area contributed by atoms with Crippen molar-refractivity contribution in [3.63, 3.8) is 0 Å². The smallest absolute Gasteiger partial charge is 0.361 e. The number of hydrogen-bond donors (Lipinski definition) is 0. The lowest BCUT2D eigenvalue weighted by Gasteiger charge is -2.15. The lowest BCUT2D eigenvalue weighted by atomic mass is 10.1. The van der Waals surface area contributed by atoms with Crippen LogP contribution in [0.3, 0.4) is 0 Å². The first kappa shape index (κ1) is 17.2. The van der Waals surface area contributed by atoms with Crippen molar-refractivity contribution in [3.05, 3.63) is 47.0 Å². The quantitative estimate of drug-likeness (QED) is 0.725. The topological polar surface area (TPSA) is 46.8 Å². The van der Waals surface area contributed by atoms with E-state index < -0.39 is 12.0 Å². The Morgan fingerprint density at radius 1 is 1.12 bits per heavy atom. The molecule has 2 heterocycles. The van der Waals surface area contributed by atoms with Crippen LogP contribution in [-0.4, -0.2) is 33.6 Å². The van der Waals surface area contributed by atoms with Gasteiger partial charge in [-0.2, -0.15) is 13.2 Å². The predicted molar refractivity (Wildman–Crippen MR) is 89.7 cm³/mol. The van der Waals surface area contributed by atoms with Gasteiger partial charge in [-0.25, -0.2) is 15.0 Å². The van der Waals surface area contributed by atoms with Gasteiger partial charge in [0.05, 0.1) is 12.9 Å². The standard InChI is InChI=1S/C17H18F3N5/c1-10-5-6-12(11(2)7-10)8-25-9-21-13-14(24(3)4)22-16(17(18,19)20)23-15(13)25/h5-7,9H,8H2,1-4H3. The van der Waals surface area contributed by atoms with Crippen LogP contribution in [-0.2, 0) is 12.7 Å². The Balaban J connectivity index is 2.15. The highest BCUT2D eigenvalue weighted by Crippen LogP contribution is 2.31. The zero-order valence-corrected chi connectivity index (χ0v) is 14.4. The largest absolute Gasteiger partial charge is 0.451 e. The highest BCUT2D eigenvalue weighted by Gasteiger charge is 2.36. The molecule has 2 aromatic heterocycles. The van der Waals surface area contributed by atoms with Gasteiger partial charge in [0.15, 0.2) is 17.0 Å². The zero-order valence-electron chi connectivity index (χ0n) is 14.4. The molecule has 3 aromatic rings. The Morgan fingerprint density at radius 3 is 2.44 bits per heavy atom. The Bertz CT molecular complexity index is 928. The molecule has 0 aliphatic heterocycles. The molecule has 0 spiro atoms. The van der Waals surface area contributed by atoms with E-state index in [4.69, 9.17) is 0 Å². The SMILES string of the molecule is Cc1ccc(Cn2cnc3c(N(C)C)nc(C(F)(F)F)nc32)c(C)c1. The summed E-state index contributed by atoms with van der Waals surface area (Å²) in [6, 6.07) is 5.98. The summed E-state index contributed by atoms with van der Waals surface area (Å²) in [4.78, 5) is 13.1. The van der Waals surface area contributed by atoms with Crippen molar-refractivity contribution in [1.82, 2.24) is 19.5 Å². The first-order valence-electron chi connectivity index (χ1n) is 7.70. The predicted octanol–water partition coefficient (Wildman–Crippen LogP) is 3.58. The number of fused-ring (bicyclic) bond motifs is 1. The molecule has 1 aromatic carbocycles. The summed E-state index contributed by atoms with van der Waals surface area (Å²) < 4.78 is 41.1. The van der Waals surface area contributed by atoms with Crippen LogP contribution in [0.1, 0.15) is 22.5 Å². The second-order valence-corrected chi connectivity index (χ2v) is 6.24. The third-order valence-corrected chi connectivity index (χ3v) is 3.96. The summed E-state index contributed by atoms with van der Waals surface area (Å²) in [5, 5.41) is 0. The first-order valence-corrected chi connectivity index (χ1v) is 7.70. The minimum absolute atomic E-state index is 0.150. The van der Waals surface area contributed by atoms with E-state index in [1.165, 1.54) is 11.2 Å². The second-order valence-electron chi connectivity index (χ2n) is 6.24. The minimum atomic E-state index is -4.62. The lowest BCUT2D eigenvalue weighted by molar-refractivity contribution is -0.144. The maximum absolute atomic E-state index is 13.2. The first-order chi connectivity index (χ1) is 11.7. The normalized spacial score (nSPS) is 12.0. The van der Waals surface area contributed by atoms with E-state index in [1.807, 2.05) is 32.0 Å². The molecule has 8 heteroatoms. The molecule has 0 bridgehead atoms. The summed E-state index contributed by atoms with van der Waals surface area (Å²) in [7, 11) is 3.26. The van der Waals surface area contributed by atoms with Gasteiger partial charge in [-0.15, -0.1) is 0 Å². The molecular weight excluding hydrogens is 331 g/mol. The molecule has 0 unspecified atom stereocenters. The van der Waals surface area contributed by atoms with Gasteiger partial charge in [-0.3, -0.25) is 0 Å². The number of alkyl halides is 3. The number of aryl methyl sites for hydroxylation is 2. The Labute approximate surface area is 143 Å². The summed E-state index contributed by atoms with van der Waals surface area (Å²) in [5.41, 5.74) is 3.73. The van der Waals surface area contributed by atoms with Crippen LogP contribution in [0.15, 0.2) is 24.5 Å². The number of nitrogens with zero attached hydrogens (tertiary/aromatic N) is 5. The number of imidazole rings is 1. The highest BCUT2D eigenvalue weighted by molar-refractivity contribution is 5.83. The van der Waals surface area contributed by atoms with Gasteiger partial charge >= 0.3 is 6.18 Å². The van der Waals surface area contributed by atoms with Gasteiger partial charge < -0.3 is 9.47 Å². The van der Waals surface area contributed by atoms with Crippen LogP contribution in [0.4, 0.5) is 19.0 Å². The summed E-state index contributed by atoms with van der Waals surface area (Å²) >= 11 is 0. The number of benzene rings is 1. The Kier molecular flexibility index (Phi) is 4.14. The fourth-order valence-electron chi connectivity index (χ4n) is 2.69. The fraction of sp³-hybridized carbons (Fsp3) is 0.353. The summed E-state index contributed by atoms with van der Waals surface area (Å²) in [5.74, 6) is -1.01. The maximum atomic E-state index is 13.2. The van der Waals surface area contributed by atoms with Gasteiger partial charge in [0.25, 0.3) is 0 Å². The van der Waals surface area contributed by atoms with Crippen molar-refractivity contribution in [2.45, 2.75) is 26.6 Å². The third kappa shape index (κ3) is 3.29. The molecule has 5 nitrogen and oxygen atoms in total. The number of rotatable bonds is 3. The van der Waals surface area contributed by atoms with Crippen LogP contribution in [0.5, 0.6) is 0 Å². The molecule has 0 amide bonds. The molecule has 0 saturated heterocycles. The lowest BCUT2D eigenvalue weighted by Crippen LogP contribution is -2.18. The molecule has 0 radical (unpaired) electrons. The summed E-state index contributed by atoms with van der Waals surface area (Å²) in [6.45, 7) is 4.36. The van der Waals surface area contributed by atoms with E-state index >= 15 is 0 Å². The van der Waals surface area contributed by atoms with E-state index in [0.29, 0.717) is 12.1 Å². The van der Waals surface area contributed by atoms with Crippen LogP contribution in [0.2, 0.25) is 0 Å². The van der Waals surface area contributed by atoms with Crippen molar-refractivity contribution in [1.29, 1.82) is 0 Å². The zero-order chi connectivity index (χ0) is 18.4. The molecule has 0 aliphatic carbocycles. The van der Waals surface area contributed by atoms with E-state index in [2.05, 4.69) is 15.0 Å². The third-order valence-electron chi connectivity index (χ3n) is 3.96. The number of hydrogen-bond acceptors (Lipinski definition) is 4. The van der Waals surface area contributed by atoms with Crippen LogP contribution in [0, 0.1) is 13.8 Å². The van der Waals surface area contributed by atoms with E-state index in [1.54, 1.807) is 18.7 Å². The van der Waals surface area contributed by atoms with E-state index in [9.17, 15) is 13.2 Å². The molecule has 0 aliphatic rings. The molecule has 0 fully saturated rings. The molecule has 0 atom stereocenters. The molecule has 0 N–H and O–H groups in total. The van der Waals surface area contributed by atoms with Gasteiger partial charge in [-0.05, 0) is 25.0 Å². The van der Waals surface area contributed by atoms with Crippen molar-refractivity contribution in [2.24, 2.45) is 0 Å². The number of halogens is 3.